The summed E-state index contributed by atoms with van der Waals surface area (Å²) in [6, 6.07) is 2.01. The zero-order valence-electron chi connectivity index (χ0n) is 13.7. The second kappa shape index (κ2) is 5.98. The molecule has 0 radical (unpaired) electrons. The first kappa shape index (κ1) is 15.5. The molecule has 1 saturated carbocycles. The summed E-state index contributed by atoms with van der Waals surface area (Å²) < 4.78 is 1.93. The van der Waals surface area contributed by atoms with Gasteiger partial charge >= 0.3 is 0 Å². The second-order valence-corrected chi connectivity index (χ2v) is 6.31. The Kier molecular flexibility index (Phi) is 4.02. The Labute approximate surface area is 135 Å². The van der Waals surface area contributed by atoms with E-state index in [1.54, 1.807) is 12.3 Å². The van der Waals surface area contributed by atoms with Gasteiger partial charge in [-0.3, -0.25) is 4.79 Å². The number of nitrogens with zero attached hydrogens (tertiary/aromatic N) is 5. The van der Waals surface area contributed by atoms with E-state index < -0.39 is 0 Å². The molecule has 1 amide bonds. The van der Waals surface area contributed by atoms with E-state index in [9.17, 15) is 4.79 Å². The van der Waals surface area contributed by atoms with Crippen LogP contribution < -0.4 is 5.73 Å². The molecule has 0 bridgehead atoms. The smallest absolute Gasteiger partial charge is 0.273 e. The average molecular weight is 314 g/mol. The van der Waals surface area contributed by atoms with Crippen LogP contribution in [-0.4, -0.2) is 36.4 Å². The maximum Gasteiger partial charge on any atom is 0.273 e. The van der Waals surface area contributed by atoms with Crippen LogP contribution in [0.25, 0.3) is 0 Å². The zero-order valence-corrected chi connectivity index (χ0v) is 13.7. The molecule has 0 saturated heterocycles. The summed E-state index contributed by atoms with van der Waals surface area (Å²) in [7, 11) is 1.93. The summed E-state index contributed by atoms with van der Waals surface area (Å²) in [4.78, 5) is 27.4. The van der Waals surface area contributed by atoms with Crippen molar-refractivity contribution < 1.29 is 4.79 Å². The van der Waals surface area contributed by atoms with E-state index in [-0.39, 0.29) is 23.8 Å². The van der Waals surface area contributed by atoms with Gasteiger partial charge in [-0.05, 0) is 24.8 Å². The van der Waals surface area contributed by atoms with E-state index in [0.29, 0.717) is 12.2 Å². The van der Waals surface area contributed by atoms with Crippen LogP contribution in [0.3, 0.4) is 0 Å². The normalized spacial score (nSPS) is 14.3. The third kappa shape index (κ3) is 3.33. The first-order valence-electron chi connectivity index (χ1n) is 7.87. The standard InChI is InChI=1S/C16H22N6O/c1-10(2)12-8-13(20-16(17)19-12)15(23)22(11-4-5-11)9-14-18-6-7-21(14)3/h6-8,10-11H,4-5,9H2,1-3H3,(H2,17,19,20). The minimum Gasteiger partial charge on any atom is -0.368 e. The molecule has 1 aliphatic carbocycles. The largest absolute Gasteiger partial charge is 0.368 e. The highest BCUT2D eigenvalue weighted by atomic mass is 16.2. The highest BCUT2D eigenvalue weighted by Gasteiger charge is 2.34. The van der Waals surface area contributed by atoms with Crippen molar-refractivity contribution in [3.8, 4) is 0 Å². The number of hydrogen-bond donors (Lipinski definition) is 1. The van der Waals surface area contributed by atoms with Crippen LogP contribution >= 0.6 is 0 Å². The summed E-state index contributed by atoms with van der Waals surface area (Å²) in [5.74, 6) is 1.09. The number of nitrogen functional groups attached to an aromatic ring is 1. The Morgan fingerprint density at radius 3 is 2.74 bits per heavy atom. The molecule has 0 unspecified atom stereocenters. The lowest BCUT2D eigenvalue weighted by molar-refractivity contribution is 0.0718. The molecule has 23 heavy (non-hydrogen) atoms. The highest BCUT2D eigenvalue weighted by molar-refractivity contribution is 5.93. The van der Waals surface area contributed by atoms with E-state index in [1.807, 2.05) is 36.6 Å². The third-order valence-corrected chi connectivity index (χ3v) is 4.06. The Balaban J connectivity index is 1.88. The third-order valence-electron chi connectivity index (χ3n) is 4.06. The maximum absolute atomic E-state index is 12.9. The van der Waals surface area contributed by atoms with Gasteiger partial charge in [-0.15, -0.1) is 0 Å². The van der Waals surface area contributed by atoms with Gasteiger partial charge < -0.3 is 15.2 Å². The Hall–Kier alpha value is -2.44. The van der Waals surface area contributed by atoms with Crippen LogP contribution in [0.2, 0.25) is 0 Å². The van der Waals surface area contributed by atoms with Crippen molar-refractivity contribution in [2.45, 2.75) is 45.2 Å². The minimum atomic E-state index is -0.105. The number of hydrogen-bond acceptors (Lipinski definition) is 5. The number of aromatic nitrogens is 4. The minimum absolute atomic E-state index is 0.105. The van der Waals surface area contributed by atoms with Gasteiger partial charge in [0.1, 0.15) is 11.5 Å². The van der Waals surface area contributed by atoms with Gasteiger partial charge in [-0.2, -0.15) is 0 Å². The van der Waals surface area contributed by atoms with Crippen molar-refractivity contribution in [1.29, 1.82) is 0 Å². The molecular weight excluding hydrogens is 292 g/mol. The van der Waals surface area contributed by atoms with Crippen molar-refractivity contribution >= 4 is 11.9 Å². The molecule has 1 fully saturated rings. The van der Waals surface area contributed by atoms with Crippen LogP contribution in [0.4, 0.5) is 5.95 Å². The SMILES string of the molecule is CC(C)c1cc(C(=O)N(Cc2nccn2C)C2CC2)nc(N)n1. The predicted octanol–water partition coefficient (Wildman–Crippen LogP) is 1.72. The number of anilines is 1. The van der Waals surface area contributed by atoms with E-state index in [2.05, 4.69) is 15.0 Å². The summed E-state index contributed by atoms with van der Waals surface area (Å²) in [5, 5.41) is 0. The first-order chi connectivity index (χ1) is 11.0. The number of carbonyl (C=O) groups is 1. The van der Waals surface area contributed by atoms with E-state index >= 15 is 0 Å². The maximum atomic E-state index is 12.9. The fourth-order valence-electron chi connectivity index (χ4n) is 2.49. The molecular formula is C16H22N6O. The number of nitrogens with two attached hydrogens (primary N) is 1. The molecule has 0 aromatic carbocycles. The molecule has 0 atom stereocenters. The molecule has 2 N–H and O–H groups in total. The van der Waals surface area contributed by atoms with Gasteiger partial charge in [0.2, 0.25) is 5.95 Å². The quantitative estimate of drug-likeness (QED) is 0.907. The molecule has 2 heterocycles. The van der Waals surface area contributed by atoms with Gasteiger partial charge in [-0.25, -0.2) is 15.0 Å². The predicted molar refractivity (Wildman–Crippen MR) is 86.6 cm³/mol. The van der Waals surface area contributed by atoms with Crippen molar-refractivity contribution in [3.05, 3.63) is 35.7 Å². The van der Waals surface area contributed by atoms with Crippen LogP contribution in [-0.2, 0) is 13.6 Å². The zero-order chi connectivity index (χ0) is 16.6. The number of amides is 1. The molecule has 7 heteroatoms. The van der Waals surface area contributed by atoms with Crippen LogP contribution in [0.15, 0.2) is 18.5 Å². The number of carbonyl (C=O) groups excluding carboxylic acids is 1. The summed E-state index contributed by atoms with van der Waals surface area (Å²) in [6.45, 7) is 4.51. The first-order valence-corrected chi connectivity index (χ1v) is 7.87. The lowest BCUT2D eigenvalue weighted by atomic mass is 10.1. The second-order valence-electron chi connectivity index (χ2n) is 6.31. The van der Waals surface area contributed by atoms with Crippen molar-refractivity contribution in [1.82, 2.24) is 24.4 Å². The topological polar surface area (TPSA) is 89.9 Å². The van der Waals surface area contributed by atoms with Crippen LogP contribution in [0.1, 0.15) is 54.6 Å². The lowest BCUT2D eigenvalue weighted by Crippen LogP contribution is -2.34. The number of aryl methyl sites for hydroxylation is 1. The molecule has 0 aliphatic heterocycles. The fraction of sp³-hybridized carbons (Fsp3) is 0.500. The van der Waals surface area contributed by atoms with Gasteiger partial charge in [0.15, 0.2) is 0 Å². The van der Waals surface area contributed by atoms with Gasteiger partial charge in [0, 0.05) is 31.2 Å². The fourth-order valence-corrected chi connectivity index (χ4v) is 2.49. The Morgan fingerprint density at radius 1 is 1.43 bits per heavy atom. The van der Waals surface area contributed by atoms with Gasteiger partial charge in [-0.1, -0.05) is 13.8 Å². The highest BCUT2D eigenvalue weighted by Crippen LogP contribution is 2.29. The van der Waals surface area contributed by atoms with Crippen molar-refractivity contribution in [2.75, 3.05) is 5.73 Å². The lowest BCUT2D eigenvalue weighted by Gasteiger charge is -2.22. The molecule has 0 spiro atoms. The van der Waals surface area contributed by atoms with Crippen LogP contribution in [0, 0.1) is 0 Å². The van der Waals surface area contributed by atoms with Crippen molar-refractivity contribution in [2.24, 2.45) is 7.05 Å². The van der Waals surface area contributed by atoms with Gasteiger partial charge in [0.05, 0.1) is 6.54 Å². The molecule has 2 aromatic heterocycles. The van der Waals surface area contributed by atoms with E-state index in [0.717, 1.165) is 24.4 Å². The van der Waals surface area contributed by atoms with Crippen molar-refractivity contribution in [3.63, 3.8) is 0 Å². The molecule has 1 aliphatic rings. The Morgan fingerprint density at radius 2 is 2.17 bits per heavy atom. The van der Waals surface area contributed by atoms with Crippen LogP contribution in [0.5, 0.6) is 0 Å². The van der Waals surface area contributed by atoms with E-state index in [1.165, 1.54) is 0 Å². The molecule has 3 rings (SSSR count). The summed E-state index contributed by atoms with van der Waals surface area (Å²) in [5.41, 5.74) is 6.93. The summed E-state index contributed by atoms with van der Waals surface area (Å²) >= 11 is 0. The molecule has 7 nitrogen and oxygen atoms in total. The number of rotatable bonds is 5. The average Bonchev–Trinajstić information content (AvgIpc) is 3.27. The molecule has 122 valence electrons. The summed E-state index contributed by atoms with van der Waals surface area (Å²) in [6.07, 6.45) is 5.66. The number of imidazole rings is 1. The monoisotopic (exact) mass is 314 g/mol. The Bertz CT molecular complexity index is 719. The van der Waals surface area contributed by atoms with E-state index in [4.69, 9.17) is 5.73 Å². The molecule has 2 aromatic rings. The van der Waals surface area contributed by atoms with Gasteiger partial charge in [0.25, 0.3) is 5.91 Å².